The Kier molecular flexibility index (Phi) is 2.54. The first-order valence-corrected chi connectivity index (χ1v) is 5.47. The zero-order valence-corrected chi connectivity index (χ0v) is 8.68. The first-order valence-electron chi connectivity index (χ1n) is 3.98. The molecule has 2 rings (SSSR count). The van der Waals surface area contributed by atoms with Gasteiger partial charge in [0.1, 0.15) is 0 Å². The van der Waals surface area contributed by atoms with Crippen LogP contribution in [0.1, 0.15) is 0 Å². The quantitative estimate of drug-likeness (QED) is 0.759. The summed E-state index contributed by atoms with van der Waals surface area (Å²) in [6, 6.07) is 10.6. The van der Waals surface area contributed by atoms with Gasteiger partial charge in [0.15, 0.2) is 11.1 Å². The Morgan fingerprint density at radius 1 is 1.14 bits per heavy atom. The SMILES string of the molecule is O=S(O)c1cccc2cccc(Cl)c12. The third-order valence-corrected chi connectivity index (χ3v) is 3.04. The van der Waals surface area contributed by atoms with Gasteiger partial charge in [-0.3, -0.25) is 0 Å². The highest BCUT2D eigenvalue weighted by Gasteiger charge is 2.08. The molecule has 72 valence electrons. The van der Waals surface area contributed by atoms with Gasteiger partial charge >= 0.3 is 0 Å². The summed E-state index contributed by atoms with van der Waals surface area (Å²) in [5.41, 5.74) is 0. The first kappa shape index (κ1) is 9.65. The molecule has 0 aromatic heterocycles. The Bertz CT molecular complexity index is 505. The summed E-state index contributed by atoms with van der Waals surface area (Å²) in [7, 11) is 0. The summed E-state index contributed by atoms with van der Waals surface area (Å²) in [5, 5.41) is 2.02. The van der Waals surface area contributed by atoms with E-state index in [1.807, 2.05) is 18.2 Å². The normalized spacial score (nSPS) is 13.0. The van der Waals surface area contributed by atoms with Gasteiger partial charge in [-0.2, -0.15) is 0 Å². The Labute approximate surface area is 88.8 Å². The monoisotopic (exact) mass is 226 g/mol. The molecule has 0 aliphatic rings. The van der Waals surface area contributed by atoms with Crippen molar-refractivity contribution in [3.05, 3.63) is 41.4 Å². The molecule has 0 aliphatic heterocycles. The molecule has 0 aliphatic carbocycles. The number of rotatable bonds is 1. The van der Waals surface area contributed by atoms with E-state index in [4.69, 9.17) is 16.2 Å². The van der Waals surface area contributed by atoms with Gasteiger partial charge in [0.05, 0.1) is 4.90 Å². The van der Waals surface area contributed by atoms with E-state index in [0.717, 1.165) is 5.39 Å². The molecule has 0 amide bonds. The van der Waals surface area contributed by atoms with Crippen LogP contribution in [-0.4, -0.2) is 8.76 Å². The molecule has 4 heteroatoms. The minimum Gasteiger partial charge on any atom is -0.302 e. The summed E-state index contributed by atoms with van der Waals surface area (Å²) < 4.78 is 20.1. The summed E-state index contributed by atoms with van der Waals surface area (Å²) in [6.07, 6.45) is 0. The van der Waals surface area contributed by atoms with E-state index in [9.17, 15) is 4.21 Å². The largest absolute Gasteiger partial charge is 0.302 e. The fourth-order valence-corrected chi connectivity index (χ4v) is 2.34. The predicted octanol–water partition coefficient (Wildman–Crippen LogP) is 3.07. The molecule has 0 saturated heterocycles. The van der Waals surface area contributed by atoms with Crippen molar-refractivity contribution in [3.8, 4) is 0 Å². The van der Waals surface area contributed by atoms with Crippen LogP contribution < -0.4 is 0 Å². The van der Waals surface area contributed by atoms with Crippen molar-refractivity contribution < 1.29 is 8.76 Å². The maximum Gasteiger partial charge on any atom is 0.187 e. The van der Waals surface area contributed by atoms with Crippen LogP contribution >= 0.6 is 11.6 Å². The third kappa shape index (κ3) is 1.54. The lowest BCUT2D eigenvalue weighted by atomic mass is 10.1. The van der Waals surface area contributed by atoms with Crippen LogP contribution in [0.3, 0.4) is 0 Å². The van der Waals surface area contributed by atoms with Crippen LogP contribution in [0.2, 0.25) is 5.02 Å². The molecule has 2 aromatic carbocycles. The van der Waals surface area contributed by atoms with Crippen molar-refractivity contribution in [2.75, 3.05) is 0 Å². The Morgan fingerprint density at radius 2 is 1.79 bits per heavy atom. The summed E-state index contributed by atoms with van der Waals surface area (Å²) in [4.78, 5) is 0.355. The standard InChI is InChI=1S/C10H7ClO2S/c11-8-5-1-3-7-4-2-6-9(10(7)8)14(12)13/h1-6H,(H,12,13). The third-order valence-electron chi connectivity index (χ3n) is 2.00. The maximum atomic E-state index is 11.0. The molecule has 2 nitrogen and oxygen atoms in total. The van der Waals surface area contributed by atoms with E-state index in [2.05, 4.69) is 0 Å². The highest BCUT2D eigenvalue weighted by Crippen LogP contribution is 2.28. The highest BCUT2D eigenvalue weighted by atomic mass is 35.5. The first-order chi connectivity index (χ1) is 6.70. The number of hydrogen-bond donors (Lipinski definition) is 1. The van der Waals surface area contributed by atoms with Crippen LogP contribution in [0.5, 0.6) is 0 Å². The second-order valence-corrected chi connectivity index (χ2v) is 4.19. The van der Waals surface area contributed by atoms with Crippen molar-refractivity contribution in [3.63, 3.8) is 0 Å². The van der Waals surface area contributed by atoms with Gasteiger partial charge in [-0.05, 0) is 17.5 Å². The predicted molar refractivity (Wildman–Crippen MR) is 58.0 cm³/mol. The maximum absolute atomic E-state index is 11.0. The number of benzene rings is 2. The van der Waals surface area contributed by atoms with Crippen LogP contribution in [0.4, 0.5) is 0 Å². The second kappa shape index (κ2) is 3.69. The zero-order valence-electron chi connectivity index (χ0n) is 7.11. The van der Waals surface area contributed by atoms with Gasteiger partial charge < -0.3 is 4.55 Å². The zero-order chi connectivity index (χ0) is 10.1. The van der Waals surface area contributed by atoms with Crippen LogP contribution in [0.25, 0.3) is 10.8 Å². The van der Waals surface area contributed by atoms with E-state index in [0.29, 0.717) is 15.3 Å². The number of fused-ring (bicyclic) bond motifs is 1. The van der Waals surface area contributed by atoms with E-state index >= 15 is 0 Å². The van der Waals surface area contributed by atoms with Crippen LogP contribution in [0, 0.1) is 0 Å². The summed E-state index contributed by atoms with van der Waals surface area (Å²) in [5.74, 6) is 0. The van der Waals surface area contributed by atoms with Gasteiger partial charge in [0.2, 0.25) is 0 Å². The molecule has 2 aromatic rings. The van der Waals surface area contributed by atoms with E-state index in [1.165, 1.54) is 0 Å². The van der Waals surface area contributed by atoms with Gasteiger partial charge in [0.25, 0.3) is 0 Å². The second-order valence-electron chi connectivity index (χ2n) is 2.84. The fourth-order valence-electron chi connectivity index (χ4n) is 1.41. The highest BCUT2D eigenvalue weighted by molar-refractivity contribution is 7.79. The molecule has 0 heterocycles. The average molecular weight is 227 g/mol. The molecule has 1 atom stereocenters. The van der Waals surface area contributed by atoms with Crippen LogP contribution in [-0.2, 0) is 11.1 Å². The molecule has 0 fully saturated rings. The average Bonchev–Trinajstić information content (AvgIpc) is 2.17. The lowest BCUT2D eigenvalue weighted by Crippen LogP contribution is -1.90. The topological polar surface area (TPSA) is 37.3 Å². The minimum atomic E-state index is -2.00. The molecule has 0 bridgehead atoms. The molecule has 1 unspecified atom stereocenters. The van der Waals surface area contributed by atoms with Gasteiger partial charge in [-0.15, -0.1) is 0 Å². The lowest BCUT2D eigenvalue weighted by molar-refractivity contribution is 0.565. The molecular formula is C10H7ClO2S. The lowest BCUT2D eigenvalue weighted by Gasteiger charge is -2.03. The van der Waals surface area contributed by atoms with Gasteiger partial charge in [-0.25, -0.2) is 4.21 Å². The molecule has 14 heavy (non-hydrogen) atoms. The van der Waals surface area contributed by atoms with E-state index < -0.39 is 11.1 Å². The van der Waals surface area contributed by atoms with Crippen molar-refractivity contribution in [2.45, 2.75) is 4.90 Å². The Balaban J connectivity index is 2.91. The minimum absolute atomic E-state index is 0.355. The van der Waals surface area contributed by atoms with Crippen molar-refractivity contribution in [1.82, 2.24) is 0 Å². The van der Waals surface area contributed by atoms with E-state index in [1.54, 1.807) is 18.2 Å². The van der Waals surface area contributed by atoms with Gasteiger partial charge in [-0.1, -0.05) is 35.9 Å². The van der Waals surface area contributed by atoms with E-state index in [-0.39, 0.29) is 0 Å². The molecule has 0 spiro atoms. The van der Waals surface area contributed by atoms with Crippen molar-refractivity contribution >= 4 is 33.5 Å². The Hall–Kier alpha value is -0.900. The molecular weight excluding hydrogens is 220 g/mol. The van der Waals surface area contributed by atoms with Crippen molar-refractivity contribution in [1.29, 1.82) is 0 Å². The summed E-state index contributed by atoms with van der Waals surface area (Å²) in [6.45, 7) is 0. The fraction of sp³-hybridized carbons (Fsp3) is 0. The van der Waals surface area contributed by atoms with Gasteiger partial charge in [0, 0.05) is 10.4 Å². The molecule has 0 radical (unpaired) electrons. The molecule has 1 N–H and O–H groups in total. The number of halogens is 1. The van der Waals surface area contributed by atoms with Crippen molar-refractivity contribution in [2.24, 2.45) is 0 Å². The Morgan fingerprint density at radius 3 is 2.43 bits per heavy atom. The smallest absolute Gasteiger partial charge is 0.187 e. The van der Waals surface area contributed by atoms with Crippen LogP contribution in [0.15, 0.2) is 41.3 Å². The number of hydrogen-bond acceptors (Lipinski definition) is 1. The molecule has 0 saturated carbocycles. The summed E-state index contributed by atoms with van der Waals surface area (Å²) >= 11 is 3.96.